The summed E-state index contributed by atoms with van der Waals surface area (Å²) in [5.41, 5.74) is 10.0. The van der Waals surface area contributed by atoms with Gasteiger partial charge in [0, 0.05) is 11.1 Å². The summed E-state index contributed by atoms with van der Waals surface area (Å²) < 4.78 is 5.68. The van der Waals surface area contributed by atoms with Crippen molar-refractivity contribution in [3.8, 4) is 5.75 Å². The van der Waals surface area contributed by atoms with Gasteiger partial charge in [-0.3, -0.25) is 0 Å². The first kappa shape index (κ1) is 15.1. The van der Waals surface area contributed by atoms with Gasteiger partial charge in [-0.05, 0) is 53.5 Å². The Bertz CT molecular complexity index is 801. The molecular weight excluding hydrogens is 294 g/mol. The van der Waals surface area contributed by atoms with Crippen molar-refractivity contribution in [2.75, 3.05) is 13.2 Å². The third-order valence-electron chi connectivity index (χ3n) is 4.50. The molecule has 0 aromatic heterocycles. The lowest BCUT2D eigenvalue weighted by atomic mass is 9.87. The largest absolute Gasteiger partial charge is 0.489 e. The van der Waals surface area contributed by atoms with Crippen LogP contribution in [0.15, 0.2) is 42.0 Å². The van der Waals surface area contributed by atoms with Crippen molar-refractivity contribution < 1.29 is 4.74 Å². The fourth-order valence-electron chi connectivity index (χ4n) is 3.57. The molecule has 2 N–H and O–H groups in total. The van der Waals surface area contributed by atoms with Gasteiger partial charge >= 0.3 is 0 Å². The lowest BCUT2D eigenvalue weighted by Crippen LogP contribution is -2.28. The van der Waals surface area contributed by atoms with Crippen LogP contribution in [-0.4, -0.2) is 13.2 Å². The van der Waals surface area contributed by atoms with E-state index in [1.807, 2.05) is 0 Å². The molecule has 3 heteroatoms. The second-order valence-electron chi connectivity index (χ2n) is 5.73. The van der Waals surface area contributed by atoms with E-state index in [-0.39, 0.29) is 12.4 Å². The minimum atomic E-state index is 0. The molecule has 0 fully saturated rings. The summed E-state index contributed by atoms with van der Waals surface area (Å²) in [6, 6.07) is 4.27. The topological polar surface area (TPSA) is 35.2 Å². The quantitative estimate of drug-likeness (QED) is 0.929. The summed E-state index contributed by atoms with van der Waals surface area (Å²) in [6.07, 6.45) is 15.4. The first-order chi connectivity index (χ1) is 10.4. The monoisotopic (exact) mass is 313 g/mol. The van der Waals surface area contributed by atoms with E-state index in [1.54, 1.807) is 0 Å². The van der Waals surface area contributed by atoms with Crippen molar-refractivity contribution in [2.24, 2.45) is 11.7 Å². The van der Waals surface area contributed by atoms with Crippen LogP contribution in [0, 0.1) is 5.92 Å². The van der Waals surface area contributed by atoms with Crippen LogP contribution in [0.25, 0.3) is 17.7 Å². The van der Waals surface area contributed by atoms with Crippen LogP contribution in [-0.2, 0) is 0 Å². The molecule has 1 aromatic rings. The summed E-state index contributed by atoms with van der Waals surface area (Å²) in [5, 5.41) is 2.62. The van der Waals surface area contributed by atoms with E-state index in [2.05, 4.69) is 48.6 Å². The second-order valence-corrected chi connectivity index (χ2v) is 5.73. The number of fused-ring (bicyclic) bond motifs is 3. The first-order valence-corrected chi connectivity index (χ1v) is 7.63. The van der Waals surface area contributed by atoms with Crippen molar-refractivity contribution in [1.29, 1.82) is 0 Å². The van der Waals surface area contributed by atoms with E-state index in [1.165, 1.54) is 27.1 Å². The van der Waals surface area contributed by atoms with Crippen LogP contribution in [0.1, 0.15) is 18.4 Å². The van der Waals surface area contributed by atoms with Gasteiger partial charge in [-0.25, -0.2) is 0 Å². The summed E-state index contributed by atoms with van der Waals surface area (Å²) in [5.74, 6) is 1.49. The van der Waals surface area contributed by atoms with Crippen LogP contribution in [0.5, 0.6) is 5.75 Å². The van der Waals surface area contributed by atoms with Gasteiger partial charge in [0.15, 0.2) is 0 Å². The Morgan fingerprint density at radius 2 is 2.14 bits per heavy atom. The predicted octanol–water partition coefficient (Wildman–Crippen LogP) is 2.31. The lowest BCUT2D eigenvalue weighted by Gasteiger charge is -2.17. The SMILES string of the molecule is Cl.NCCC1=c2c(ccc3c2=CCO3)C=C1C1C=CC=CC1. The molecule has 0 saturated carbocycles. The van der Waals surface area contributed by atoms with Crippen LogP contribution in [0.2, 0.25) is 0 Å². The van der Waals surface area contributed by atoms with E-state index < -0.39 is 0 Å². The molecule has 0 bridgehead atoms. The molecule has 22 heavy (non-hydrogen) atoms. The van der Waals surface area contributed by atoms with Gasteiger partial charge in [-0.2, -0.15) is 0 Å². The minimum Gasteiger partial charge on any atom is -0.489 e. The van der Waals surface area contributed by atoms with E-state index in [9.17, 15) is 0 Å². The van der Waals surface area contributed by atoms with Crippen LogP contribution >= 0.6 is 12.4 Å². The highest BCUT2D eigenvalue weighted by molar-refractivity contribution is 5.85. The lowest BCUT2D eigenvalue weighted by molar-refractivity contribution is 0.385. The number of ether oxygens (including phenoxy) is 1. The number of hydrogen-bond donors (Lipinski definition) is 1. The molecule has 0 saturated heterocycles. The number of hydrogen-bond acceptors (Lipinski definition) is 2. The van der Waals surface area contributed by atoms with E-state index in [0.717, 1.165) is 18.6 Å². The summed E-state index contributed by atoms with van der Waals surface area (Å²) >= 11 is 0. The Kier molecular flexibility index (Phi) is 4.23. The molecule has 0 amide bonds. The Hall–Kier alpha value is -1.77. The third-order valence-corrected chi connectivity index (χ3v) is 4.50. The molecule has 0 spiro atoms. The summed E-state index contributed by atoms with van der Waals surface area (Å²) in [4.78, 5) is 0. The summed E-state index contributed by atoms with van der Waals surface area (Å²) in [6.45, 7) is 1.37. The van der Waals surface area contributed by atoms with Crippen molar-refractivity contribution in [1.82, 2.24) is 0 Å². The molecular formula is C19H20ClNO. The van der Waals surface area contributed by atoms with E-state index >= 15 is 0 Å². The molecule has 2 aliphatic carbocycles. The van der Waals surface area contributed by atoms with Crippen molar-refractivity contribution in [3.05, 3.63) is 58.0 Å². The average molecular weight is 314 g/mol. The molecule has 1 aliphatic heterocycles. The van der Waals surface area contributed by atoms with Crippen LogP contribution in [0.3, 0.4) is 0 Å². The molecule has 1 unspecified atom stereocenters. The number of allylic oxidation sites excluding steroid dienone is 5. The Morgan fingerprint density at radius 1 is 1.23 bits per heavy atom. The van der Waals surface area contributed by atoms with Gasteiger partial charge in [0.2, 0.25) is 0 Å². The van der Waals surface area contributed by atoms with Crippen LogP contribution < -0.4 is 20.9 Å². The zero-order valence-electron chi connectivity index (χ0n) is 12.4. The molecule has 1 atom stereocenters. The van der Waals surface area contributed by atoms with Gasteiger partial charge in [-0.1, -0.05) is 36.4 Å². The molecule has 114 valence electrons. The summed E-state index contributed by atoms with van der Waals surface area (Å²) in [7, 11) is 0. The fourth-order valence-corrected chi connectivity index (χ4v) is 3.57. The Balaban J connectivity index is 0.00000144. The minimum absolute atomic E-state index is 0. The normalized spacial score (nSPS) is 20.7. The molecule has 0 radical (unpaired) electrons. The molecule has 2 nitrogen and oxygen atoms in total. The van der Waals surface area contributed by atoms with Gasteiger partial charge < -0.3 is 10.5 Å². The Morgan fingerprint density at radius 3 is 2.91 bits per heavy atom. The second kappa shape index (κ2) is 6.15. The predicted molar refractivity (Wildman–Crippen MR) is 94.3 cm³/mol. The number of halogens is 1. The zero-order chi connectivity index (χ0) is 14.2. The average Bonchev–Trinajstić information content (AvgIpc) is 3.12. The van der Waals surface area contributed by atoms with Crippen molar-refractivity contribution >= 4 is 30.1 Å². The fraction of sp³-hybridized carbons (Fsp3) is 0.263. The zero-order valence-corrected chi connectivity index (χ0v) is 13.2. The molecule has 1 aromatic carbocycles. The number of benzene rings is 1. The first-order valence-electron chi connectivity index (χ1n) is 7.63. The Labute approximate surface area is 136 Å². The number of rotatable bonds is 3. The van der Waals surface area contributed by atoms with Crippen molar-refractivity contribution in [3.63, 3.8) is 0 Å². The maximum atomic E-state index is 5.88. The van der Waals surface area contributed by atoms with E-state index in [4.69, 9.17) is 10.5 Å². The highest BCUT2D eigenvalue weighted by Gasteiger charge is 2.23. The van der Waals surface area contributed by atoms with E-state index in [0.29, 0.717) is 19.1 Å². The molecule has 4 rings (SSSR count). The maximum Gasteiger partial charge on any atom is 0.127 e. The highest BCUT2D eigenvalue weighted by Crippen LogP contribution is 2.33. The highest BCUT2D eigenvalue weighted by atomic mass is 35.5. The molecule has 3 aliphatic rings. The smallest absolute Gasteiger partial charge is 0.127 e. The van der Waals surface area contributed by atoms with Gasteiger partial charge in [0.25, 0.3) is 0 Å². The molecule has 1 heterocycles. The third kappa shape index (κ3) is 2.33. The van der Waals surface area contributed by atoms with Gasteiger partial charge in [0.05, 0.1) is 0 Å². The van der Waals surface area contributed by atoms with Crippen LogP contribution in [0.4, 0.5) is 0 Å². The van der Waals surface area contributed by atoms with Gasteiger partial charge in [0.1, 0.15) is 12.4 Å². The standard InChI is InChI=1S/C19H19NO.ClH/c20-10-8-15-17(13-4-2-1-3-5-13)12-14-6-7-18-16(19(14)15)9-11-21-18;/h1-4,6-7,9,12-13H,5,8,10-11,20H2;1H. The van der Waals surface area contributed by atoms with Gasteiger partial charge in [-0.15, -0.1) is 12.4 Å². The van der Waals surface area contributed by atoms with Crippen molar-refractivity contribution in [2.45, 2.75) is 12.8 Å². The maximum absolute atomic E-state index is 5.88. The number of nitrogens with two attached hydrogens (primary N) is 1.